The molecule has 3 N–H and O–H groups in total. The van der Waals surface area contributed by atoms with Crippen LogP contribution in [-0.4, -0.2) is 45.5 Å². The van der Waals surface area contributed by atoms with E-state index in [9.17, 15) is 14.7 Å². The van der Waals surface area contributed by atoms with Crippen LogP contribution in [0.25, 0.3) is 0 Å². The number of aliphatic hydroxyl groups excluding tert-OH is 1. The van der Waals surface area contributed by atoms with Gasteiger partial charge >= 0.3 is 5.97 Å². The molecule has 1 aliphatic rings. The van der Waals surface area contributed by atoms with Gasteiger partial charge in [0.25, 0.3) is 5.56 Å². The number of hydrogen-bond acceptors (Lipinski definition) is 7. The Morgan fingerprint density at radius 3 is 2.95 bits per heavy atom. The molecule has 0 aromatic carbocycles. The first kappa shape index (κ1) is 15.5. The van der Waals surface area contributed by atoms with Gasteiger partial charge in [-0.1, -0.05) is 0 Å². The highest BCUT2D eigenvalue weighted by Crippen LogP contribution is 2.29. The van der Waals surface area contributed by atoms with Crippen molar-refractivity contribution in [1.82, 2.24) is 9.97 Å². The van der Waals surface area contributed by atoms with Crippen LogP contribution >= 0.6 is 0 Å². The Morgan fingerprint density at radius 2 is 2.29 bits per heavy atom. The zero-order valence-electron chi connectivity index (χ0n) is 11.7. The summed E-state index contributed by atoms with van der Waals surface area (Å²) in [5.41, 5.74) is -1.25. The van der Waals surface area contributed by atoms with Crippen LogP contribution in [0.1, 0.15) is 48.6 Å². The Bertz CT molecular complexity index is 570. The summed E-state index contributed by atoms with van der Waals surface area (Å²) in [6.45, 7) is 1.59. The summed E-state index contributed by atoms with van der Waals surface area (Å²) in [7, 11) is 0. The summed E-state index contributed by atoms with van der Waals surface area (Å²) < 4.78 is 10.3. The van der Waals surface area contributed by atoms with Crippen LogP contribution in [0, 0.1) is 0 Å². The van der Waals surface area contributed by atoms with Gasteiger partial charge in [0.2, 0.25) is 5.75 Å². The average molecular weight is 298 g/mol. The molecule has 2 unspecified atom stereocenters. The van der Waals surface area contributed by atoms with Crippen molar-refractivity contribution in [2.24, 2.45) is 0 Å². The number of nitrogens with zero attached hydrogens (tertiary/aromatic N) is 1. The van der Waals surface area contributed by atoms with Crippen molar-refractivity contribution in [3.63, 3.8) is 0 Å². The standard InChI is InChI=1S/C13H18N2O6/c1-2-20-13(19)9-10(17)12(18)15-11(14-9)8-5-3-4-7(6-16)21-8/h7-8,16-17H,2-6H2,1H3,(H,14,15,18). The zero-order valence-corrected chi connectivity index (χ0v) is 11.7. The van der Waals surface area contributed by atoms with E-state index < -0.39 is 29.1 Å². The third-order valence-electron chi connectivity index (χ3n) is 3.24. The van der Waals surface area contributed by atoms with Gasteiger partial charge in [-0.25, -0.2) is 9.78 Å². The highest BCUT2D eigenvalue weighted by atomic mass is 16.5. The molecule has 1 aliphatic heterocycles. The maximum absolute atomic E-state index is 11.7. The Morgan fingerprint density at radius 1 is 1.52 bits per heavy atom. The molecular formula is C13H18N2O6. The molecule has 0 saturated carbocycles. The zero-order chi connectivity index (χ0) is 15.4. The third-order valence-corrected chi connectivity index (χ3v) is 3.24. The van der Waals surface area contributed by atoms with Gasteiger partial charge in [-0.05, 0) is 26.2 Å². The minimum absolute atomic E-state index is 0.106. The molecule has 0 bridgehead atoms. The number of nitrogens with one attached hydrogen (secondary N) is 1. The molecule has 2 atom stereocenters. The molecule has 0 radical (unpaired) electrons. The second-order valence-corrected chi connectivity index (χ2v) is 4.73. The van der Waals surface area contributed by atoms with E-state index in [-0.39, 0.29) is 25.1 Å². The van der Waals surface area contributed by atoms with E-state index in [0.717, 1.165) is 12.8 Å². The molecular weight excluding hydrogens is 280 g/mol. The number of aromatic hydroxyl groups is 1. The van der Waals surface area contributed by atoms with Crippen molar-refractivity contribution in [2.75, 3.05) is 13.2 Å². The van der Waals surface area contributed by atoms with E-state index in [1.54, 1.807) is 6.92 Å². The number of carbonyl (C=O) groups excluding carboxylic acids is 1. The van der Waals surface area contributed by atoms with Gasteiger partial charge in [0.05, 0.1) is 19.3 Å². The fourth-order valence-corrected chi connectivity index (χ4v) is 2.21. The molecule has 21 heavy (non-hydrogen) atoms. The first-order chi connectivity index (χ1) is 10.1. The largest absolute Gasteiger partial charge is 0.501 e. The summed E-state index contributed by atoms with van der Waals surface area (Å²) >= 11 is 0. The van der Waals surface area contributed by atoms with Gasteiger partial charge in [0, 0.05) is 0 Å². The second-order valence-electron chi connectivity index (χ2n) is 4.73. The van der Waals surface area contributed by atoms with Crippen LogP contribution in [0.4, 0.5) is 0 Å². The number of esters is 1. The third kappa shape index (κ3) is 3.40. The number of aromatic amines is 1. The quantitative estimate of drug-likeness (QED) is 0.681. The molecule has 116 valence electrons. The second kappa shape index (κ2) is 6.68. The van der Waals surface area contributed by atoms with Crippen LogP contribution in [0.3, 0.4) is 0 Å². The lowest BCUT2D eigenvalue weighted by Gasteiger charge is -2.28. The molecule has 1 aromatic rings. The molecule has 1 fully saturated rings. The fraction of sp³-hybridized carbons (Fsp3) is 0.615. The van der Waals surface area contributed by atoms with E-state index in [1.165, 1.54) is 0 Å². The number of aliphatic hydroxyl groups is 1. The van der Waals surface area contributed by atoms with E-state index in [2.05, 4.69) is 9.97 Å². The van der Waals surface area contributed by atoms with Crippen molar-refractivity contribution >= 4 is 5.97 Å². The summed E-state index contributed by atoms with van der Waals surface area (Å²) in [4.78, 5) is 29.8. The van der Waals surface area contributed by atoms with Gasteiger partial charge in [0.15, 0.2) is 5.69 Å². The van der Waals surface area contributed by atoms with Crippen LogP contribution in [-0.2, 0) is 9.47 Å². The number of ether oxygens (including phenoxy) is 2. The monoisotopic (exact) mass is 298 g/mol. The van der Waals surface area contributed by atoms with Gasteiger partial charge in [-0.15, -0.1) is 0 Å². The van der Waals surface area contributed by atoms with Crippen molar-refractivity contribution in [2.45, 2.75) is 38.4 Å². The van der Waals surface area contributed by atoms with Crippen LogP contribution < -0.4 is 5.56 Å². The minimum Gasteiger partial charge on any atom is -0.501 e. The molecule has 0 amide bonds. The van der Waals surface area contributed by atoms with Crippen LogP contribution in [0.2, 0.25) is 0 Å². The van der Waals surface area contributed by atoms with Gasteiger partial charge in [0.1, 0.15) is 11.9 Å². The number of aromatic nitrogens is 2. The Balaban J connectivity index is 2.32. The minimum atomic E-state index is -0.864. The van der Waals surface area contributed by atoms with Gasteiger partial charge in [-0.3, -0.25) is 4.79 Å². The van der Waals surface area contributed by atoms with Crippen molar-refractivity contribution in [3.05, 3.63) is 21.9 Å². The van der Waals surface area contributed by atoms with Crippen LogP contribution in [0.15, 0.2) is 4.79 Å². The number of carbonyl (C=O) groups is 1. The molecule has 2 heterocycles. The number of hydrogen-bond donors (Lipinski definition) is 3. The summed E-state index contributed by atoms with van der Waals surface area (Å²) in [5, 5.41) is 18.8. The maximum Gasteiger partial charge on any atom is 0.361 e. The van der Waals surface area contributed by atoms with Crippen molar-refractivity contribution < 1.29 is 24.5 Å². The smallest absolute Gasteiger partial charge is 0.361 e. The number of H-pyrrole nitrogens is 1. The maximum atomic E-state index is 11.7. The average Bonchev–Trinajstić information content (AvgIpc) is 2.50. The lowest BCUT2D eigenvalue weighted by Crippen LogP contribution is -2.28. The van der Waals surface area contributed by atoms with Crippen molar-refractivity contribution in [1.29, 1.82) is 0 Å². The number of rotatable bonds is 4. The first-order valence-corrected chi connectivity index (χ1v) is 6.83. The molecule has 0 aliphatic carbocycles. The Labute approximate surface area is 120 Å². The highest BCUT2D eigenvalue weighted by molar-refractivity contribution is 5.89. The Kier molecular flexibility index (Phi) is 4.92. The molecule has 1 saturated heterocycles. The SMILES string of the molecule is CCOC(=O)c1nc(C2CCCC(CO)O2)[nH]c(=O)c1O. The lowest BCUT2D eigenvalue weighted by atomic mass is 10.0. The Hall–Kier alpha value is -1.93. The lowest BCUT2D eigenvalue weighted by molar-refractivity contribution is -0.0773. The molecule has 2 rings (SSSR count). The molecule has 1 aromatic heterocycles. The van der Waals surface area contributed by atoms with Gasteiger partial charge < -0.3 is 24.7 Å². The summed E-state index contributed by atoms with van der Waals surface area (Å²) in [6.07, 6.45) is 1.27. The fourth-order valence-electron chi connectivity index (χ4n) is 2.21. The summed E-state index contributed by atoms with van der Waals surface area (Å²) in [6, 6.07) is 0. The van der Waals surface area contributed by atoms with E-state index >= 15 is 0 Å². The normalized spacial score (nSPS) is 22.0. The van der Waals surface area contributed by atoms with Crippen molar-refractivity contribution in [3.8, 4) is 5.75 Å². The molecule has 8 nitrogen and oxygen atoms in total. The highest BCUT2D eigenvalue weighted by Gasteiger charge is 2.27. The van der Waals surface area contributed by atoms with Gasteiger partial charge in [-0.2, -0.15) is 0 Å². The first-order valence-electron chi connectivity index (χ1n) is 6.83. The molecule has 8 heteroatoms. The van der Waals surface area contributed by atoms with E-state index in [1.807, 2.05) is 0 Å². The summed E-state index contributed by atoms with van der Waals surface area (Å²) in [5.74, 6) is -1.48. The predicted octanol–water partition coefficient (Wildman–Crippen LogP) is 0.255. The molecule has 0 spiro atoms. The topological polar surface area (TPSA) is 122 Å². The van der Waals surface area contributed by atoms with E-state index in [0.29, 0.717) is 6.42 Å². The predicted molar refractivity (Wildman–Crippen MR) is 71.0 cm³/mol. The van der Waals surface area contributed by atoms with E-state index in [4.69, 9.17) is 14.6 Å². The van der Waals surface area contributed by atoms with Crippen LogP contribution in [0.5, 0.6) is 5.75 Å².